The predicted octanol–water partition coefficient (Wildman–Crippen LogP) is 2.77. The van der Waals surface area contributed by atoms with E-state index in [0.29, 0.717) is 13.1 Å². The van der Waals surface area contributed by atoms with E-state index in [1.54, 1.807) is 6.08 Å². The molecule has 26 heavy (non-hydrogen) atoms. The standard InChI is InChI=1S/C12H15NO.C9H9NO2/c1-10(2)8-12(14)13-9-11-6-4-3-5-7-11;11-7-9(12)10-6-8-4-2-1-3-5-8/h3-8H,9H2,1-2H3,(H,13,14);1-5,7H,6H2,(H,10,12). The van der Waals surface area contributed by atoms with E-state index < -0.39 is 5.91 Å². The fourth-order valence-electron chi connectivity index (χ4n) is 1.92. The van der Waals surface area contributed by atoms with Gasteiger partial charge in [-0.25, -0.2) is 0 Å². The first kappa shape index (κ1) is 20.8. The Morgan fingerprint density at radius 1 is 0.769 bits per heavy atom. The van der Waals surface area contributed by atoms with E-state index in [0.717, 1.165) is 16.7 Å². The number of carbonyl (C=O) groups is 3. The maximum Gasteiger partial charge on any atom is 0.284 e. The van der Waals surface area contributed by atoms with Gasteiger partial charge in [0.2, 0.25) is 12.2 Å². The zero-order chi connectivity index (χ0) is 19.2. The van der Waals surface area contributed by atoms with Gasteiger partial charge < -0.3 is 10.6 Å². The van der Waals surface area contributed by atoms with Crippen LogP contribution in [0.3, 0.4) is 0 Å². The minimum atomic E-state index is -0.584. The largest absolute Gasteiger partial charge is 0.348 e. The van der Waals surface area contributed by atoms with Gasteiger partial charge in [-0.3, -0.25) is 14.4 Å². The summed E-state index contributed by atoms with van der Waals surface area (Å²) in [5, 5.41) is 5.26. The monoisotopic (exact) mass is 352 g/mol. The molecular formula is C21H24N2O3. The Hall–Kier alpha value is -3.21. The first-order valence-corrected chi connectivity index (χ1v) is 8.25. The fourth-order valence-corrected chi connectivity index (χ4v) is 1.92. The van der Waals surface area contributed by atoms with Gasteiger partial charge in [0, 0.05) is 19.2 Å². The maximum atomic E-state index is 11.2. The van der Waals surface area contributed by atoms with Gasteiger partial charge >= 0.3 is 0 Å². The molecular weight excluding hydrogens is 328 g/mol. The highest BCUT2D eigenvalue weighted by Crippen LogP contribution is 1.98. The number of aldehydes is 1. The van der Waals surface area contributed by atoms with Crippen LogP contribution in [-0.4, -0.2) is 18.1 Å². The highest BCUT2D eigenvalue weighted by molar-refractivity contribution is 6.23. The topological polar surface area (TPSA) is 75.3 Å². The van der Waals surface area contributed by atoms with Crippen molar-refractivity contribution in [3.05, 3.63) is 83.4 Å². The van der Waals surface area contributed by atoms with Crippen molar-refractivity contribution in [3.8, 4) is 0 Å². The fraction of sp³-hybridized carbons (Fsp3) is 0.190. The maximum absolute atomic E-state index is 11.2. The van der Waals surface area contributed by atoms with Crippen LogP contribution in [0.5, 0.6) is 0 Å². The van der Waals surface area contributed by atoms with Crippen LogP contribution in [0, 0.1) is 0 Å². The molecule has 0 spiro atoms. The molecule has 0 atom stereocenters. The third-order valence-electron chi connectivity index (χ3n) is 3.15. The molecule has 0 heterocycles. The van der Waals surface area contributed by atoms with E-state index in [9.17, 15) is 14.4 Å². The molecule has 0 fully saturated rings. The molecule has 2 rings (SSSR count). The molecule has 0 aliphatic rings. The summed E-state index contributed by atoms with van der Waals surface area (Å²) >= 11 is 0. The van der Waals surface area contributed by atoms with Crippen molar-refractivity contribution in [1.29, 1.82) is 0 Å². The third kappa shape index (κ3) is 9.82. The number of carbonyl (C=O) groups excluding carboxylic acids is 3. The lowest BCUT2D eigenvalue weighted by atomic mass is 10.2. The number of hydrogen-bond donors (Lipinski definition) is 2. The van der Waals surface area contributed by atoms with Gasteiger partial charge in [0.1, 0.15) is 0 Å². The highest BCUT2D eigenvalue weighted by Gasteiger charge is 1.96. The van der Waals surface area contributed by atoms with Crippen LogP contribution in [0.1, 0.15) is 25.0 Å². The summed E-state index contributed by atoms with van der Waals surface area (Å²) in [5.41, 5.74) is 3.10. The van der Waals surface area contributed by atoms with Gasteiger partial charge in [0.15, 0.2) is 0 Å². The quantitative estimate of drug-likeness (QED) is 0.477. The average molecular weight is 352 g/mol. The summed E-state index contributed by atoms with van der Waals surface area (Å²) in [6.45, 7) is 4.80. The van der Waals surface area contributed by atoms with E-state index in [-0.39, 0.29) is 12.2 Å². The smallest absolute Gasteiger partial charge is 0.284 e. The van der Waals surface area contributed by atoms with Crippen LogP contribution >= 0.6 is 0 Å². The van der Waals surface area contributed by atoms with Crippen LogP contribution in [0.2, 0.25) is 0 Å². The molecule has 2 N–H and O–H groups in total. The molecule has 2 aromatic rings. The Balaban J connectivity index is 0.000000263. The molecule has 0 aromatic heterocycles. The zero-order valence-electron chi connectivity index (χ0n) is 15.1. The number of allylic oxidation sites excluding steroid dienone is 1. The van der Waals surface area contributed by atoms with Gasteiger partial charge in [-0.1, -0.05) is 66.2 Å². The molecule has 0 saturated heterocycles. The first-order valence-electron chi connectivity index (χ1n) is 8.25. The molecule has 0 unspecified atom stereocenters. The van der Waals surface area contributed by atoms with E-state index in [1.807, 2.05) is 74.5 Å². The van der Waals surface area contributed by atoms with Crippen molar-refractivity contribution >= 4 is 18.1 Å². The second-order valence-electron chi connectivity index (χ2n) is 5.75. The van der Waals surface area contributed by atoms with E-state index in [1.165, 1.54) is 0 Å². The molecule has 2 amide bonds. The average Bonchev–Trinajstić information content (AvgIpc) is 2.66. The second kappa shape index (κ2) is 12.2. The Morgan fingerprint density at radius 3 is 1.58 bits per heavy atom. The summed E-state index contributed by atoms with van der Waals surface area (Å²) in [7, 11) is 0. The molecule has 0 aliphatic carbocycles. The molecule has 2 aromatic carbocycles. The summed E-state index contributed by atoms with van der Waals surface area (Å²) in [6.07, 6.45) is 1.87. The van der Waals surface area contributed by atoms with Crippen LogP contribution in [0.15, 0.2) is 72.3 Å². The first-order chi connectivity index (χ1) is 12.5. The molecule has 0 aliphatic heterocycles. The number of benzene rings is 2. The predicted molar refractivity (Wildman–Crippen MR) is 102 cm³/mol. The normalized spacial score (nSPS) is 9.15. The summed E-state index contributed by atoms with van der Waals surface area (Å²) < 4.78 is 0. The van der Waals surface area contributed by atoms with E-state index in [2.05, 4.69) is 10.6 Å². The number of nitrogens with one attached hydrogen (secondary N) is 2. The van der Waals surface area contributed by atoms with Crippen LogP contribution in [-0.2, 0) is 27.5 Å². The van der Waals surface area contributed by atoms with Gasteiger partial charge in [0.05, 0.1) is 0 Å². The molecule has 0 radical (unpaired) electrons. The van der Waals surface area contributed by atoms with Gasteiger partial charge in [-0.15, -0.1) is 0 Å². The second-order valence-corrected chi connectivity index (χ2v) is 5.75. The van der Waals surface area contributed by atoms with E-state index in [4.69, 9.17) is 0 Å². The van der Waals surface area contributed by atoms with Crippen LogP contribution in [0.25, 0.3) is 0 Å². The molecule has 136 valence electrons. The van der Waals surface area contributed by atoms with Gasteiger partial charge in [-0.2, -0.15) is 0 Å². The summed E-state index contributed by atoms with van der Waals surface area (Å²) in [5.74, 6) is -0.618. The van der Waals surface area contributed by atoms with E-state index >= 15 is 0 Å². The van der Waals surface area contributed by atoms with Crippen LogP contribution in [0.4, 0.5) is 0 Å². The Bertz CT molecular complexity index is 721. The number of amides is 2. The summed E-state index contributed by atoms with van der Waals surface area (Å²) in [4.78, 5) is 31.7. The van der Waals surface area contributed by atoms with Crippen LogP contribution < -0.4 is 10.6 Å². The molecule has 5 heteroatoms. The van der Waals surface area contributed by atoms with Gasteiger partial charge in [-0.05, 0) is 25.0 Å². The molecule has 5 nitrogen and oxygen atoms in total. The SMILES string of the molecule is CC(C)=CC(=O)NCc1ccccc1.O=CC(=O)NCc1ccccc1. The Kier molecular flexibility index (Phi) is 9.77. The molecule has 0 saturated carbocycles. The van der Waals surface area contributed by atoms with Crippen molar-refractivity contribution in [3.63, 3.8) is 0 Å². The Morgan fingerprint density at radius 2 is 1.19 bits per heavy atom. The Labute approximate surface area is 154 Å². The number of hydrogen-bond acceptors (Lipinski definition) is 3. The van der Waals surface area contributed by atoms with Crippen molar-refractivity contribution < 1.29 is 14.4 Å². The van der Waals surface area contributed by atoms with Crippen molar-refractivity contribution in [2.75, 3.05) is 0 Å². The molecule has 0 bridgehead atoms. The minimum absolute atomic E-state index is 0.0335. The van der Waals surface area contributed by atoms with Crippen molar-refractivity contribution in [2.45, 2.75) is 26.9 Å². The lowest BCUT2D eigenvalue weighted by molar-refractivity contribution is -0.131. The van der Waals surface area contributed by atoms with Crippen molar-refractivity contribution in [2.24, 2.45) is 0 Å². The van der Waals surface area contributed by atoms with Crippen molar-refractivity contribution in [1.82, 2.24) is 10.6 Å². The lowest BCUT2D eigenvalue weighted by Crippen LogP contribution is -2.23. The highest BCUT2D eigenvalue weighted by atomic mass is 16.2. The summed E-state index contributed by atoms with van der Waals surface area (Å²) in [6, 6.07) is 19.3. The van der Waals surface area contributed by atoms with Gasteiger partial charge in [0.25, 0.3) is 5.91 Å². The number of rotatable bonds is 6. The zero-order valence-corrected chi connectivity index (χ0v) is 15.1. The minimum Gasteiger partial charge on any atom is -0.348 e. The third-order valence-corrected chi connectivity index (χ3v) is 3.15. The lowest BCUT2D eigenvalue weighted by Gasteiger charge is -2.02.